The summed E-state index contributed by atoms with van der Waals surface area (Å²) in [6.45, 7) is 7.90. The van der Waals surface area contributed by atoms with Crippen LogP contribution in [-0.2, 0) is 22.1 Å². The first kappa shape index (κ1) is 19.5. The van der Waals surface area contributed by atoms with Crippen molar-refractivity contribution < 1.29 is 17.7 Å². The van der Waals surface area contributed by atoms with Gasteiger partial charge in [0.1, 0.15) is 16.3 Å². The van der Waals surface area contributed by atoms with E-state index in [9.17, 15) is 13.0 Å². The molecule has 1 aliphatic heterocycles. The van der Waals surface area contributed by atoms with Crippen molar-refractivity contribution in [3.63, 3.8) is 0 Å². The van der Waals surface area contributed by atoms with E-state index in [1.165, 1.54) is 6.07 Å². The van der Waals surface area contributed by atoms with Crippen LogP contribution in [0.25, 0.3) is 17.3 Å². The fourth-order valence-electron chi connectivity index (χ4n) is 3.41. The number of methoxy groups -OCH3 is 1. The van der Waals surface area contributed by atoms with E-state index in [0.717, 1.165) is 6.07 Å². The Hall–Kier alpha value is -2.22. The van der Waals surface area contributed by atoms with Gasteiger partial charge in [-0.2, -0.15) is 0 Å². The van der Waals surface area contributed by atoms with Gasteiger partial charge >= 0.3 is 0 Å². The van der Waals surface area contributed by atoms with Crippen molar-refractivity contribution in [1.82, 2.24) is 9.55 Å². The molecule has 2 heterocycles. The van der Waals surface area contributed by atoms with Crippen molar-refractivity contribution in [2.45, 2.75) is 43.7 Å². The fourth-order valence-corrected chi connectivity index (χ4v) is 5.33. The molecule has 2 aromatic rings. The molecule has 1 aromatic carbocycles. The molecule has 0 radical (unpaired) electrons. The fraction of sp³-hybridized carbons (Fsp3) is 0.421. The molecule has 2 N–H and O–H groups in total. The maximum absolute atomic E-state index is 13.9. The molecule has 0 saturated carbocycles. The van der Waals surface area contributed by atoms with Crippen LogP contribution in [0.15, 0.2) is 24.1 Å². The van der Waals surface area contributed by atoms with E-state index in [1.54, 1.807) is 19.4 Å². The first-order chi connectivity index (χ1) is 12.5. The minimum atomic E-state index is -1.29. The first-order valence-corrected chi connectivity index (χ1v) is 9.62. The number of hydrogen-bond acceptors (Lipinski definition) is 4. The number of benzene rings is 1. The molecule has 3 rings (SSSR count). The molecule has 0 amide bonds. The van der Waals surface area contributed by atoms with Gasteiger partial charge in [0.05, 0.1) is 24.7 Å². The monoisotopic (exact) mass is 395 g/mol. The molecule has 146 valence electrons. The molecule has 2 atom stereocenters. The van der Waals surface area contributed by atoms with E-state index >= 15 is 0 Å². The Morgan fingerprint density at radius 2 is 2.00 bits per heavy atom. The van der Waals surface area contributed by atoms with Gasteiger partial charge in [-0.25, -0.2) is 13.8 Å². The first-order valence-electron chi connectivity index (χ1n) is 8.47. The Morgan fingerprint density at radius 3 is 2.56 bits per heavy atom. The molecular weight excluding hydrogens is 372 g/mol. The van der Waals surface area contributed by atoms with Crippen LogP contribution in [0.3, 0.4) is 0 Å². The van der Waals surface area contributed by atoms with Gasteiger partial charge in [0.15, 0.2) is 11.6 Å². The Labute approximate surface area is 159 Å². The highest BCUT2D eigenvalue weighted by Crippen LogP contribution is 2.39. The number of ether oxygens (including phenoxy) is 1. The smallest absolute Gasteiger partial charge is 0.181 e. The third-order valence-corrected chi connectivity index (χ3v) is 6.93. The number of hydrogen-bond donors (Lipinski definition) is 1. The van der Waals surface area contributed by atoms with E-state index in [-0.39, 0.29) is 5.69 Å². The van der Waals surface area contributed by atoms with Gasteiger partial charge in [0.25, 0.3) is 0 Å². The number of aromatic nitrogens is 2. The van der Waals surface area contributed by atoms with Crippen molar-refractivity contribution in [1.29, 1.82) is 0 Å². The van der Waals surface area contributed by atoms with E-state index < -0.39 is 31.9 Å². The summed E-state index contributed by atoms with van der Waals surface area (Å²) in [7, 11) is 0.253. The van der Waals surface area contributed by atoms with E-state index in [2.05, 4.69) is 4.98 Å². The molecule has 5 nitrogen and oxygen atoms in total. The lowest BCUT2D eigenvalue weighted by Crippen LogP contribution is -2.47. The van der Waals surface area contributed by atoms with Gasteiger partial charge in [-0.1, -0.05) is 0 Å². The summed E-state index contributed by atoms with van der Waals surface area (Å²) < 4.78 is 46.8. The van der Waals surface area contributed by atoms with Crippen LogP contribution in [0.2, 0.25) is 0 Å². The molecular formula is C19H23F2N3O2S. The zero-order valence-corrected chi connectivity index (χ0v) is 16.8. The minimum Gasteiger partial charge on any atom is -0.499 e. The van der Waals surface area contributed by atoms with Gasteiger partial charge in [-0.05, 0) is 39.8 Å². The second-order valence-corrected chi connectivity index (χ2v) is 10.4. The zero-order chi connectivity index (χ0) is 20.1. The molecule has 0 fully saturated rings. The average molecular weight is 395 g/mol. The lowest BCUT2D eigenvalue weighted by Gasteiger charge is -2.38. The third kappa shape index (κ3) is 3.16. The van der Waals surface area contributed by atoms with Crippen LogP contribution in [0, 0.1) is 11.6 Å². The number of imidazole rings is 1. The normalized spacial score (nSPS) is 20.8. The Bertz CT molecular complexity index is 939. The third-order valence-electron chi connectivity index (χ3n) is 4.67. The molecule has 0 saturated heterocycles. The molecule has 2 unspecified atom stereocenters. The van der Waals surface area contributed by atoms with Crippen molar-refractivity contribution in [2.75, 3.05) is 12.8 Å². The lowest BCUT2D eigenvalue weighted by atomic mass is 10.0. The zero-order valence-electron chi connectivity index (χ0n) is 16.0. The molecule has 1 aromatic heterocycles. The van der Waals surface area contributed by atoms with Crippen LogP contribution < -0.4 is 5.73 Å². The van der Waals surface area contributed by atoms with Crippen LogP contribution in [-0.4, -0.2) is 30.4 Å². The summed E-state index contributed by atoms with van der Waals surface area (Å²) >= 11 is 0. The quantitative estimate of drug-likeness (QED) is 0.804. The highest BCUT2D eigenvalue weighted by Gasteiger charge is 2.46. The summed E-state index contributed by atoms with van der Waals surface area (Å²) in [4.78, 5) is 4.35. The highest BCUT2D eigenvalue weighted by molar-refractivity contribution is 7.88. The predicted octanol–water partition coefficient (Wildman–Crippen LogP) is 3.72. The number of halogens is 2. The molecule has 0 spiro atoms. The predicted molar refractivity (Wildman–Crippen MR) is 103 cm³/mol. The van der Waals surface area contributed by atoms with Crippen molar-refractivity contribution in [3.8, 4) is 11.3 Å². The number of rotatable bonds is 3. The Morgan fingerprint density at radius 1 is 1.33 bits per heavy atom. The molecule has 27 heavy (non-hydrogen) atoms. The van der Waals surface area contributed by atoms with Crippen LogP contribution in [0.5, 0.6) is 0 Å². The number of nitrogen functional groups attached to an aromatic ring is 1. The van der Waals surface area contributed by atoms with Gasteiger partial charge in [0, 0.05) is 33.7 Å². The number of fused-ring (bicyclic) bond motifs is 1. The number of nitrogens with zero attached hydrogens (tertiary/aromatic N) is 2. The topological polar surface area (TPSA) is 70.1 Å². The summed E-state index contributed by atoms with van der Waals surface area (Å²) in [6.07, 6.45) is 3.30. The standard InChI is InChI=1S/C19H23F2N3O2S/c1-18(2,3)27(25)19(4)10-24-14(9-23-16(24)8-15(19)26-5)11-6-12(20)17(21)13(22)7-11/h6-9H,10,22H2,1-5H3. The van der Waals surface area contributed by atoms with Crippen molar-refractivity contribution >= 4 is 22.6 Å². The minimum absolute atomic E-state index is 0.273. The lowest BCUT2D eigenvalue weighted by molar-refractivity contribution is 0.247. The maximum Gasteiger partial charge on any atom is 0.181 e. The van der Waals surface area contributed by atoms with Crippen LogP contribution >= 0.6 is 0 Å². The highest BCUT2D eigenvalue weighted by atomic mass is 32.2. The number of anilines is 1. The summed E-state index contributed by atoms with van der Waals surface area (Å²) in [6, 6.07) is 2.46. The van der Waals surface area contributed by atoms with Gasteiger partial charge in [-0.15, -0.1) is 0 Å². The Balaban J connectivity index is 2.15. The maximum atomic E-state index is 13.9. The molecule has 0 aliphatic carbocycles. The summed E-state index contributed by atoms with van der Waals surface area (Å²) in [5, 5.41) is 0. The molecule has 8 heteroatoms. The van der Waals surface area contributed by atoms with Crippen molar-refractivity contribution in [3.05, 3.63) is 41.5 Å². The van der Waals surface area contributed by atoms with Crippen LogP contribution in [0.1, 0.15) is 33.5 Å². The van der Waals surface area contributed by atoms with Gasteiger partial charge < -0.3 is 15.0 Å². The molecule has 1 aliphatic rings. The van der Waals surface area contributed by atoms with E-state index in [4.69, 9.17) is 10.5 Å². The van der Waals surface area contributed by atoms with Gasteiger partial charge in [-0.3, -0.25) is 4.21 Å². The SMILES string of the molecule is COC1=Cc2ncc(-c3cc(N)c(F)c(F)c3)n2CC1(C)S(=O)C(C)(C)C. The summed E-state index contributed by atoms with van der Waals surface area (Å²) in [5.41, 5.74) is 6.28. The van der Waals surface area contributed by atoms with E-state index in [1.807, 2.05) is 32.3 Å². The largest absolute Gasteiger partial charge is 0.499 e. The Kier molecular flexibility index (Phi) is 4.66. The average Bonchev–Trinajstić information content (AvgIpc) is 2.99. The van der Waals surface area contributed by atoms with Crippen LogP contribution in [0.4, 0.5) is 14.5 Å². The molecule has 0 bridgehead atoms. The van der Waals surface area contributed by atoms with E-state index in [0.29, 0.717) is 29.4 Å². The second-order valence-electron chi connectivity index (χ2n) is 7.77. The second kappa shape index (κ2) is 6.44. The number of nitrogens with two attached hydrogens (primary N) is 1. The van der Waals surface area contributed by atoms with Crippen molar-refractivity contribution in [2.24, 2.45) is 0 Å². The summed E-state index contributed by atoms with van der Waals surface area (Å²) in [5.74, 6) is -0.929. The van der Waals surface area contributed by atoms with Gasteiger partial charge in [0.2, 0.25) is 0 Å².